The molecule has 2 N–H and O–H groups in total. The minimum absolute atomic E-state index is 0.0622. The molecule has 2 saturated carbocycles. The molecule has 2 heterocycles. The van der Waals surface area contributed by atoms with Gasteiger partial charge in [0.1, 0.15) is 29.8 Å². The van der Waals surface area contributed by atoms with Gasteiger partial charge in [0.25, 0.3) is 5.69 Å². The first-order valence-corrected chi connectivity index (χ1v) is 15.9. The smallest absolute Gasteiger partial charge is 0.408 e. The molecule has 14 nitrogen and oxygen atoms in total. The van der Waals surface area contributed by atoms with Gasteiger partial charge in [-0.05, 0) is 63.5 Å². The van der Waals surface area contributed by atoms with Crippen molar-refractivity contribution >= 4 is 35.5 Å². The third kappa shape index (κ3) is 7.48. The zero-order valence-corrected chi connectivity index (χ0v) is 25.8. The highest BCUT2D eigenvalue weighted by Crippen LogP contribution is 2.46. The monoisotopic (exact) mass is 640 g/mol. The zero-order valence-electron chi connectivity index (χ0n) is 25.8. The van der Waals surface area contributed by atoms with Crippen LogP contribution in [0.5, 0.6) is 0 Å². The molecule has 46 heavy (non-hydrogen) atoms. The third-order valence-electron chi connectivity index (χ3n) is 9.24. The lowest BCUT2D eigenvalue weighted by Gasteiger charge is -2.29. The van der Waals surface area contributed by atoms with Gasteiger partial charge >= 0.3 is 18.0 Å². The van der Waals surface area contributed by atoms with Crippen molar-refractivity contribution in [3.05, 3.63) is 52.1 Å². The number of nitrogens with zero attached hydrogens (tertiary/aromatic N) is 2. The van der Waals surface area contributed by atoms with Crippen molar-refractivity contribution in [3.8, 4) is 0 Å². The number of non-ortho nitro benzene ring substituents is 1. The van der Waals surface area contributed by atoms with Gasteiger partial charge in [0.15, 0.2) is 0 Å². The van der Waals surface area contributed by atoms with Crippen LogP contribution in [0.3, 0.4) is 0 Å². The van der Waals surface area contributed by atoms with E-state index in [2.05, 4.69) is 10.6 Å². The standard InChI is InChI=1S/C32H40N4O10/c1-44-30(40)32-18-21(32)9-5-3-2-4-6-12-25(33-31(41)46-23-10-7-8-11-23)28(38)35-19-24(17-26(35)27(37)34-32)45-29(39)20-13-15-22(16-14-20)36(42)43/h5,9,13-16,21,23-26H,2-4,6-8,10-12,17-19H2,1H3,(H,33,41)(H,34,37)/b9-5-/t21-,24-,25-,26-,32+/m0/s1. The lowest BCUT2D eigenvalue weighted by atomic mass is 10.0. The van der Waals surface area contributed by atoms with Gasteiger partial charge in [-0.15, -0.1) is 0 Å². The van der Waals surface area contributed by atoms with Gasteiger partial charge < -0.3 is 29.7 Å². The number of nitro benzene ring substituents is 1. The molecular weight excluding hydrogens is 600 g/mol. The van der Waals surface area contributed by atoms with E-state index < -0.39 is 58.5 Å². The predicted octanol–water partition coefficient (Wildman–Crippen LogP) is 3.33. The molecule has 14 heteroatoms. The number of amides is 3. The van der Waals surface area contributed by atoms with E-state index in [1.165, 1.54) is 36.3 Å². The van der Waals surface area contributed by atoms with Crippen LogP contribution >= 0.6 is 0 Å². The molecule has 5 rings (SSSR count). The number of allylic oxidation sites excluding steroid dienone is 1. The van der Waals surface area contributed by atoms with Gasteiger partial charge in [-0.3, -0.25) is 19.7 Å². The number of alkyl carbamates (subject to hydrolysis) is 1. The molecule has 1 aromatic carbocycles. The van der Waals surface area contributed by atoms with Crippen molar-refractivity contribution in [3.63, 3.8) is 0 Å². The Morgan fingerprint density at radius 2 is 1.72 bits per heavy atom. The Kier molecular flexibility index (Phi) is 10.2. The van der Waals surface area contributed by atoms with Crippen molar-refractivity contribution in [1.29, 1.82) is 0 Å². The number of carbonyl (C=O) groups is 5. The minimum atomic E-state index is -1.27. The van der Waals surface area contributed by atoms with E-state index in [1.54, 1.807) is 0 Å². The van der Waals surface area contributed by atoms with Crippen LogP contribution in [-0.2, 0) is 28.6 Å². The summed E-state index contributed by atoms with van der Waals surface area (Å²) >= 11 is 0. The topological polar surface area (TPSA) is 183 Å². The molecule has 0 unspecified atom stereocenters. The van der Waals surface area contributed by atoms with Gasteiger partial charge in [0.05, 0.1) is 24.1 Å². The molecule has 2 aliphatic carbocycles. The molecule has 248 valence electrons. The molecule has 0 aromatic heterocycles. The second kappa shape index (κ2) is 14.3. The van der Waals surface area contributed by atoms with Gasteiger partial charge in [-0.25, -0.2) is 14.4 Å². The highest BCUT2D eigenvalue weighted by Gasteiger charge is 2.62. The molecule has 1 saturated heterocycles. The van der Waals surface area contributed by atoms with Crippen LogP contribution in [0.25, 0.3) is 0 Å². The second-order valence-corrected chi connectivity index (χ2v) is 12.4. The Hall–Kier alpha value is -4.49. The minimum Gasteiger partial charge on any atom is -0.467 e. The van der Waals surface area contributed by atoms with Crippen molar-refractivity contribution in [2.24, 2.45) is 5.92 Å². The summed E-state index contributed by atoms with van der Waals surface area (Å²) in [4.78, 5) is 78.4. The SMILES string of the molecule is COC(=O)[C@@]12C[C@@H]1/C=C\CCCCC[C@H](NC(=O)OC1CCCC1)C(=O)N1C[C@@H](OC(=O)c3ccc([N+](=O)[O-])cc3)C[C@H]1C(=O)N2. The number of hydrogen-bond acceptors (Lipinski definition) is 10. The summed E-state index contributed by atoms with van der Waals surface area (Å²) in [5.41, 5.74) is -1.39. The summed E-state index contributed by atoms with van der Waals surface area (Å²) in [7, 11) is 1.25. The van der Waals surface area contributed by atoms with Crippen molar-refractivity contribution in [2.45, 2.75) is 100 Å². The first-order valence-electron chi connectivity index (χ1n) is 15.9. The number of methoxy groups -OCH3 is 1. The van der Waals surface area contributed by atoms with Crippen LogP contribution in [0.2, 0.25) is 0 Å². The number of hydrogen-bond donors (Lipinski definition) is 2. The maximum absolute atomic E-state index is 14.1. The Bertz CT molecular complexity index is 1380. The number of rotatable bonds is 6. The number of esters is 2. The van der Waals surface area contributed by atoms with Crippen LogP contribution in [0.15, 0.2) is 36.4 Å². The fraction of sp³-hybridized carbons (Fsp3) is 0.594. The summed E-state index contributed by atoms with van der Waals surface area (Å²) < 4.78 is 16.3. The molecule has 3 amide bonds. The Morgan fingerprint density at radius 3 is 2.41 bits per heavy atom. The lowest BCUT2D eigenvalue weighted by molar-refractivity contribution is -0.384. The van der Waals surface area contributed by atoms with Crippen LogP contribution in [0.1, 0.15) is 81.0 Å². The van der Waals surface area contributed by atoms with Crippen molar-refractivity contribution < 1.29 is 43.1 Å². The maximum atomic E-state index is 14.1. The van der Waals surface area contributed by atoms with Crippen molar-refractivity contribution in [1.82, 2.24) is 15.5 Å². The normalized spacial score (nSPS) is 29.2. The lowest BCUT2D eigenvalue weighted by Crippen LogP contribution is -2.56. The fourth-order valence-electron chi connectivity index (χ4n) is 6.59. The summed E-state index contributed by atoms with van der Waals surface area (Å²) in [6, 6.07) is 2.79. The number of nitrogens with one attached hydrogen (secondary N) is 2. The highest BCUT2D eigenvalue weighted by molar-refractivity contribution is 5.97. The van der Waals surface area contributed by atoms with Gasteiger partial charge in [0.2, 0.25) is 11.8 Å². The molecule has 0 radical (unpaired) electrons. The molecule has 0 bridgehead atoms. The van der Waals surface area contributed by atoms with E-state index in [9.17, 15) is 34.1 Å². The quantitative estimate of drug-likeness (QED) is 0.154. The van der Waals surface area contributed by atoms with E-state index in [1.807, 2.05) is 12.2 Å². The number of carbonyl (C=O) groups excluding carboxylic acids is 5. The van der Waals surface area contributed by atoms with E-state index in [0.717, 1.165) is 44.9 Å². The average Bonchev–Trinajstić information content (AvgIpc) is 3.33. The van der Waals surface area contributed by atoms with Gasteiger partial charge in [-0.1, -0.05) is 25.0 Å². The first-order chi connectivity index (χ1) is 22.1. The van der Waals surface area contributed by atoms with Crippen LogP contribution < -0.4 is 10.6 Å². The Labute approximate surface area is 266 Å². The molecule has 5 atom stereocenters. The van der Waals surface area contributed by atoms with E-state index in [-0.39, 0.29) is 36.2 Å². The van der Waals surface area contributed by atoms with Gasteiger partial charge in [0, 0.05) is 24.5 Å². The Balaban J connectivity index is 1.38. The summed E-state index contributed by atoms with van der Waals surface area (Å²) in [5.74, 6) is -2.76. The first kappa shape index (κ1) is 32.9. The largest absolute Gasteiger partial charge is 0.467 e. The highest BCUT2D eigenvalue weighted by atomic mass is 16.6. The molecule has 4 aliphatic rings. The average molecular weight is 641 g/mol. The fourth-order valence-corrected chi connectivity index (χ4v) is 6.59. The van der Waals surface area contributed by atoms with Crippen LogP contribution in [0, 0.1) is 16.0 Å². The number of ether oxygens (including phenoxy) is 3. The zero-order chi connectivity index (χ0) is 32.8. The molecule has 2 aliphatic heterocycles. The third-order valence-corrected chi connectivity index (χ3v) is 9.24. The maximum Gasteiger partial charge on any atom is 0.408 e. The number of nitro groups is 1. The van der Waals surface area contributed by atoms with Crippen molar-refractivity contribution in [2.75, 3.05) is 13.7 Å². The predicted molar refractivity (Wildman–Crippen MR) is 161 cm³/mol. The molecule has 3 fully saturated rings. The number of benzene rings is 1. The number of fused-ring (bicyclic) bond motifs is 2. The molecule has 0 spiro atoms. The second-order valence-electron chi connectivity index (χ2n) is 12.4. The van der Waals surface area contributed by atoms with Crippen LogP contribution in [0.4, 0.5) is 10.5 Å². The van der Waals surface area contributed by atoms with E-state index in [4.69, 9.17) is 14.2 Å². The van der Waals surface area contributed by atoms with E-state index >= 15 is 0 Å². The summed E-state index contributed by atoms with van der Waals surface area (Å²) in [6.45, 7) is -0.139. The van der Waals surface area contributed by atoms with E-state index in [0.29, 0.717) is 19.3 Å². The summed E-state index contributed by atoms with van der Waals surface area (Å²) in [5, 5.41) is 16.6. The molecular formula is C32H40N4O10. The molecule has 1 aromatic rings. The van der Waals surface area contributed by atoms with Gasteiger partial charge in [-0.2, -0.15) is 0 Å². The Morgan fingerprint density at radius 1 is 1.00 bits per heavy atom. The summed E-state index contributed by atoms with van der Waals surface area (Å²) in [6.07, 6.45) is 9.15. The van der Waals surface area contributed by atoms with Crippen LogP contribution in [-0.4, -0.2) is 83.2 Å².